The molecule has 3 rings (SSSR count). The molecule has 0 bridgehead atoms. The van der Waals surface area contributed by atoms with Gasteiger partial charge in [0, 0.05) is 10.9 Å². The van der Waals surface area contributed by atoms with Crippen molar-refractivity contribution in [2.45, 2.75) is 6.92 Å². The number of benzene rings is 1. The minimum atomic E-state index is -0.419. The fourth-order valence-corrected chi connectivity index (χ4v) is 2.82. The van der Waals surface area contributed by atoms with Gasteiger partial charge in [-0.1, -0.05) is 11.3 Å². The van der Waals surface area contributed by atoms with E-state index < -0.39 is 5.56 Å². The molecule has 0 aliphatic heterocycles. The first-order chi connectivity index (χ1) is 10.1. The fraction of sp³-hybridized carbons (Fsp3) is 0.143. The zero-order valence-electron chi connectivity index (χ0n) is 11.4. The molecule has 21 heavy (non-hydrogen) atoms. The molecule has 0 N–H and O–H groups in total. The van der Waals surface area contributed by atoms with Gasteiger partial charge in [0.1, 0.15) is 11.4 Å². The molecular weight excluding hydrogens is 290 g/mol. The van der Waals surface area contributed by atoms with Gasteiger partial charge in [0.25, 0.3) is 11.1 Å². The van der Waals surface area contributed by atoms with E-state index in [0.717, 1.165) is 20.7 Å². The summed E-state index contributed by atoms with van der Waals surface area (Å²) < 4.78 is 6.25. The lowest BCUT2D eigenvalue weighted by atomic mass is 10.2. The largest absolute Gasteiger partial charge is 0.497 e. The van der Waals surface area contributed by atoms with Gasteiger partial charge in [-0.2, -0.15) is 14.6 Å². The number of nitrogens with zero attached hydrogens (tertiary/aromatic N) is 3. The lowest BCUT2D eigenvalue weighted by molar-refractivity contribution is 0.415. The van der Waals surface area contributed by atoms with E-state index in [-0.39, 0.29) is 16.2 Å². The number of fused-ring (bicyclic) bond motifs is 1. The predicted molar refractivity (Wildman–Crippen MR) is 80.1 cm³/mol. The van der Waals surface area contributed by atoms with Crippen molar-refractivity contribution in [3.8, 4) is 16.2 Å². The second-order valence-corrected chi connectivity index (χ2v) is 5.38. The van der Waals surface area contributed by atoms with E-state index in [2.05, 4.69) is 10.1 Å². The van der Waals surface area contributed by atoms with Crippen LogP contribution in [0, 0.1) is 6.92 Å². The maximum atomic E-state index is 12.1. The number of aryl methyl sites for hydroxylation is 1. The first-order valence-corrected chi connectivity index (χ1v) is 6.96. The molecule has 0 fully saturated rings. The van der Waals surface area contributed by atoms with E-state index in [1.807, 2.05) is 24.3 Å². The van der Waals surface area contributed by atoms with Crippen molar-refractivity contribution >= 4 is 16.3 Å². The lowest BCUT2D eigenvalue weighted by Gasteiger charge is -2.04. The molecule has 1 aromatic carbocycles. The highest BCUT2D eigenvalue weighted by atomic mass is 32.1. The van der Waals surface area contributed by atoms with E-state index in [1.165, 1.54) is 24.3 Å². The monoisotopic (exact) mass is 301 g/mol. The molecule has 2 aromatic heterocycles. The van der Waals surface area contributed by atoms with Gasteiger partial charge in [-0.3, -0.25) is 9.59 Å². The van der Waals surface area contributed by atoms with Crippen LogP contribution in [0.3, 0.4) is 0 Å². The molecule has 0 spiro atoms. The molecule has 7 heteroatoms. The van der Waals surface area contributed by atoms with Crippen LogP contribution in [-0.2, 0) is 0 Å². The second-order valence-electron chi connectivity index (χ2n) is 4.37. The third kappa shape index (κ3) is 2.43. The van der Waals surface area contributed by atoms with Gasteiger partial charge in [-0.05, 0) is 36.8 Å². The van der Waals surface area contributed by atoms with E-state index in [9.17, 15) is 9.59 Å². The molecule has 0 saturated heterocycles. The Balaban J connectivity index is 2.21. The van der Waals surface area contributed by atoms with Gasteiger partial charge >= 0.3 is 0 Å². The molecule has 0 atom stereocenters. The molecule has 0 aliphatic carbocycles. The molecule has 0 unspecified atom stereocenters. The normalized spacial score (nSPS) is 10.8. The first-order valence-electron chi connectivity index (χ1n) is 6.15. The van der Waals surface area contributed by atoms with Gasteiger partial charge < -0.3 is 4.74 Å². The number of ether oxygens (including phenoxy) is 1. The zero-order valence-corrected chi connectivity index (χ0v) is 12.2. The quantitative estimate of drug-likeness (QED) is 0.717. The van der Waals surface area contributed by atoms with Crippen LogP contribution in [0.25, 0.3) is 15.4 Å². The van der Waals surface area contributed by atoms with Crippen LogP contribution >= 0.6 is 11.3 Å². The summed E-state index contributed by atoms with van der Waals surface area (Å²) in [7, 11) is 1.59. The Morgan fingerprint density at radius 2 is 1.90 bits per heavy atom. The van der Waals surface area contributed by atoms with Crippen LogP contribution in [-0.4, -0.2) is 21.7 Å². The molecule has 3 aromatic rings. The second kappa shape index (κ2) is 5.10. The Labute approximate surface area is 123 Å². The Hall–Kier alpha value is -2.54. The van der Waals surface area contributed by atoms with Crippen LogP contribution in [0.4, 0.5) is 0 Å². The number of hydrogen-bond donors (Lipinski definition) is 0. The van der Waals surface area contributed by atoms with E-state index >= 15 is 0 Å². The number of aromatic nitrogens is 3. The average Bonchev–Trinajstić information content (AvgIpc) is 2.49. The summed E-state index contributed by atoms with van der Waals surface area (Å²) >= 11 is 1.24. The summed E-state index contributed by atoms with van der Waals surface area (Å²) in [4.78, 5) is 28.6. The smallest absolute Gasteiger partial charge is 0.295 e. The predicted octanol–water partition coefficient (Wildman–Crippen LogP) is 1.50. The van der Waals surface area contributed by atoms with E-state index in [4.69, 9.17) is 4.74 Å². The highest BCUT2D eigenvalue weighted by Crippen LogP contribution is 2.25. The fourth-order valence-electron chi connectivity index (χ4n) is 1.86. The highest BCUT2D eigenvalue weighted by molar-refractivity contribution is 7.19. The topological polar surface area (TPSA) is 73.6 Å². The Morgan fingerprint density at radius 1 is 1.19 bits per heavy atom. The molecular formula is C14H11N3O3S. The average molecular weight is 301 g/mol. The standard InChI is InChI=1S/C14H11N3O3S/c1-8-13(19)15-14-17(16-8)12(18)7-11(21-14)9-3-5-10(20-2)6-4-9/h3-7H,1-2H3. The Kier molecular flexibility index (Phi) is 3.26. The summed E-state index contributed by atoms with van der Waals surface area (Å²) in [6.07, 6.45) is 0. The van der Waals surface area contributed by atoms with Crippen molar-refractivity contribution in [3.63, 3.8) is 0 Å². The van der Waals surface area contributed by atoms with E-state index in [0.29, 0.717) is 0 Å². The summed E-state index contributed by atoms with van der Waals surface area (Å²) in [6.45, 7) is 1.53. The summed E-state index contributed by atoms with van der Waals surface area (Å²) in [6, 6.07) is 8.80. The highest BCUT2D eigenvalue weighted by Gasteiger charge is 2.08. The van der Waals surface area contributed by atoms with Crippen molar-refractivity contribution in [2.75, 3.05) is 7.11 Å². The van der Waals surface area contributed by atoms with Gasteiger partial charge in [-0.25, -0.2) is 0 Å². The summed E-state index contributed by atoms with van der Waals surface area (Å²) in [5.74, 6) is 0.735. The summed E-state index contributed by atoms with van der Waals surface area (Å²) in [5, 5.41) is 3.96. The van der Waals surface area contributed by atoms with Crippen molar-refractivity contribution < 1.29 is 4.74 Å². The minimum absolute atomic E-state index is 0.203. The van der Waals surface area contributed by atoms with Gasteiger partial charge in [0.15, 0.2) is 0 Å². The molecule has 0 saturated carbocycles. The maximum Gasteiger partial charge on any atom is 0.295 e. The summed E-state index contributed by atoms with van der Waals surface area (Å²) in [5.41, 5.74) is 0.326. The van der Waals surface area contributed by atoms with Crippen LogP contribution in [0.2, 0.25) is 0 Å². The molecule has 106 valence electrons. The molecule has 0 amide bonds. The Bertz CT molecular complexity index is 929. The minimum Gasteiger partial charge on any atom is -0.497 e. The lowest BCUT2D eigenvalue weighted by Crippen LogP contribution is -2.23. The van der Waals surface area contributed by atoms with Crippen LogP contribution in [0.15, 0.2) is 39.9 Å². The van der Waals surface area contributed by atoms with Crippen molar-refractivity contribution in [1.29, 1.82) is 0 Å². The van der Waals surface area contributed by atoms with Gasteiger partial charge in [0.05, 0.1) is 7.11 Å². The van der Waals surface area contributed by atoms with Crippen LogP contribution < -0.4 is 15.9 Å². The molecule has 6 nitrogen and oxygen atoms in total. The van der Waals surface area contributed by atoms with Crippen LogP contribution in [0.1, 0.15) is 5.69 Å². The van der Waals surface area contributed by atoms with Gasteiger partial charge in [0.2, 0.25) is 4.96 Å². The maximum absolute atomic E-state index is 12.1. The Morgan fingerprint density at radius 3 is 2.57 bits per heavy atom. The SMILES string of the molecule is COc1ccc(-c2cc(=O)n3nc(C)c(=O)nc3s2)cc1. The zero-order chi connectivity index (χ0) is 15.0. The number of hydrogen-bond acceptors (Lipinski definition) is 6. The van der Waals surface area contributed by atoms with Crippen molar-refractivity contribution in [2.24, 2.45) is 0 Å². The van der Waals surface area contributed by atoms with Crippen molar-refractivity contribution in [1.82, 2.24) is 14.6 Å². The molecule has 0 aliphatic rings. The van der Waals surface area contributed by atoms with Crippen LogP contribution in [0.5, 0.6) is 5.75 Å². The molecule has 2 heterocycles. The molecule has 0 radical (unpaired) electrons. The first kappa shape index (κ1) is 13.4. The van der Waals surface area contributed by atoms with E-state index in [1.54, 1.807) is 7.11 Å². The van der Waals surface area contributed by atoms with Gasteiger partial charge in [-0.15, -0.1) is 0 Å². The number of rotatable bonds is 2. The van der Waals surface area contributed by atoms with Crippen molar-refractivity contribution in [3.05, 3.63) is 56.7 Å². The third-order valence-electron chi connectivity index (χ3n) is 2.98. The number of methoxy groups -OCH3 is 1. The third-order valence-corrected chi connectivity index (χ3v) is 4.00.